The Morgan fingerprint density at radius 3 is 2.94 bits per heavy atom. The highest BCUT2D eigenvalue weighted by molar-refractivity contribution is 9.11. The van der Waals surface area contributed by atoms with Gasteiger partial charge < -0.3 is 14.7 Å². The van der Waals surface area contributed by atoms with E-state index in [2.05, 4.69) is 28.4 Å². The third kappa shape index (κ3) is 3.09. The average Bonchev–Trinajstić information content (AvgIpc) is 2.25. The van der Waals surface area contributed by atoms with Crippen molar-refractivity contribution in [1.29, 1.82) is 0 Å². The summed E-state index contributed by atoms with van der Waals surface area (Å²) in [6, 6.07) is -0.338. The normalized spacial score (nSPS) is 25.1. The van der Waals surface area contributed by atoms with Gasteiger partial charge in [-0.2, -0.15) is 0 Å². The van der Waals surface area contributed by atoms with Crippen LogP contribution in [-0.2, 0) is 9.53 Å². The van der Waals surface area contributed by atoms with Crippen molar-refractivity contribution >= 4 is 21.8 Å². The smallest absolute Gasteiger partial charge is 0.254 e. The van der Waals surface area contributed by atoms with Crippen LogP contribution in [0, 0.1) is 12.3 Å². The summed E-state index contributed by atoms with van der Waals surface area (Å²) in [5.41, 5.74) is 0. The Kier molecular flexibility index (Phi) is 5.19. The van der Waals surface area contributed by atoms with Crippen LogP contribution in [0.4, 0.5) is 0 Å². The van der Waals surface area contributed by atoms with Gasteiger partial charge in [-0.25, -0.2) is 0 Å². The average molecular weight is 302 g/mol. The summed E-state index contributed by atoms with van der Waals surface area (Å²) in [5, 5.41) is 10.0. The number of carbonyl (C=O) groups is 1. The number of carbonyl (C=O) groups excluding carboxylic acids is 1. The number of methoxy groups -OCH3 is 1. The van der Waals surface area contributed by atoms with Crippen LogP contribution < -0.4 is 0 Å². The summed E-state index contributed by atoms with van der Waals surface area (Å²) in [4.78, 5) is 13.3. The highest BCUT2D eigenvalue weighted by Gasteiger charge is 2.50. The Hall–Kier alpha value is -0.830. The SMILES string of the molecule is C#CCCN1C(=O)[C@H](OC)[C@@H]1[C@H](O)CC(=C)Br. The van der Waals surface area contributed by atoms with Crippen molar-refractivity contribution in [3.8, 4) is 12.3 Å². The molecule has 1 aliphatic heterocycles. The summed E-state index contributed by atoms with van der Waals surface area (Å²) in [5.74, 6) is 2.36. The van der Waals surface area contributed by atoms with Crippen molar-refractivity contribution in [1.82, 2.24) is 4.90 Å². The van der Waals surface area contributed by atoms with Crippen molar-refractivity contribution in [3.63, 3.8) is 0 Å². The number of hydrogen-bond acceptors (Lipinski definition) is 3. The second-order valence-corrected chi connectivity index (χ2v) is 5.04. The van der Waals surface area contributed by atoms with Crippen LogP contribution in [-0.4, -0.2) is 47.8 Å². The minimum absolute atomic E-state index is 0.119. The maximum atomic E-state index is 11.7. The largest absolute Gasteiger partial charge is 0.390 e. The molecule has 0 aromatic heterocycles. The number of ether oxygens (including phenoxy) is 1. The third-order valence-corrected chi connectivity index (χ3v) is 3.10. The summed E-state index contributed by atoms with van der Waals surface area (Å²) in [7, 11) is 1.46. The van der Waals surface area contributed by atoms with Crippen LogP contribution in [0.5, 0.6) is 0 Å². The minimum Gasteiger partial charge on any atom is -0.390 e. The molecule has 0 radical (unpaired) electrons. The standard InChI is InChI=1S/C12H16BrNO3/c1-4-5-6-14-10(9(15)7-8(2)13)11(17-3)12(14)16/h1,9-11,15H,2,5-7H2,3H3/t9-,10+,11-/m1/s1. The lowest BCUT2D eigenvalue weighted by atomic mass is 9.90. The van der Waals surface area contributed by atoms with Gasteiger partial charge in [-0.3, -0.25) is 4.79 Å². The molecular weight excluding hydrogens is 286 g/mol. The van der Waals surface area contributed by atoms with Gasteiger partial charge >= 0.3 is 0 Å². The van der Waals surface area contributed by atoms with Gasteiger partial charge in [-0.05, 0) is 4.48 Å². The first-order chi connectivity index (χ1) is 8.02. The van der Waals surface area contributed by atoms with E-state index in [4.69, 9.17) is 11.2 Å². The van der Waals surface area contributed by atoms with Crippen molar-refractivity contribution in [2.24, 2.45) is 0 Å². The molecule has 1 saturated heterocycles. The number of β-lactam (4-membered cyclic amide) rings is 1. The monoisotopic (exact) mass is 301 g/mol. The molecule has 17 heavy (non-hydrogen) atoms. The molecule has 1 aliphatic rings. The van der Waals surface area contributed by atoms with Gasteiger partial charge in [0.2, 0.25) is 0 Å². The fourth-order valence-corrected chi connectivity index (χ4v) is 2.31. The van der Waals surface area contributed by atoms with Gasteiger partial charge in [0.25, 0.3) is 5.91 Å². The van der Waals surface area contributed by atoms with Crippen LogP contribution in [0.15, 0.2) is 11.1 Å². The van der Waals surface area contributed by atoms with Gasteiger partial charge in [0, 0.05) is 26.5 Å². The number of nitrogens with zero attached hydrogens (tertiary/aromatic N) is 1. The van der Waals surface area contributed by atoms with Gasteiger partial charge in [-0.15, -0.1) is 12.3 Å². The zero-order valence-electron chi connectivity index (χ0n) is 9.73. The van der Waals surface area contributed by atoms with Gasteiger partial charge in [0.15, 0.2) is 6.10 Å². The van der Waals surface area contributed by atoms with Crippen LogP contribution in [0.2, 0.25) is 0 Å². The van der Waals surface area contributed by atoms with Crippen molar-refractivity contribution in [2.45, 2.75) is 31.1 Å². The molecule has 3 atom stereocenters. The van der Waals surface area contributed by atoms with Gasteiger partial charge in [-0.1, -0.05) is 22.5 Å². The molecule has 1 N–H and O–H groups in total. The molecule has 4 nitrogen and oxygen atoms in total. The number of halogens is 1. The number of hydrogen-bond donors (Lipinski definition) is 1. The third-order valence-electron chi connectivity index (χ3n) is 2.77. The number of aliphatic hydroxyl groups excluding tert-OH is 1. The molecule has 5 heteroatoms. The topological polar surface area (TPSA) is 49.8 Å². The first-order valence-electron chi connectivity index (χ1n) is 5.31. The fraction of sp³-hybridized carbons (Fsp3) is 0.583. The van der Waals surface area contributed by atoms with Crippen LogP contribution in [0.3, 0.4) is 0 Å². The molecule has 1 amide bonds. The molecule has 0 aliphatic carbocycles. The van der Waals surface area contributed by atoms with E-state index in [0.717, 1.165) is 0 Å². The van der Waals surface area contributed by atoms with E-state index < -0.39 is 12.2 Å². The number of terminal acetylenes is 1. The lowest BCUT2D eigenvalue weighted by molar-refractivity contribution is -0.180. The summed E-state index contributed by atoms with van der Waals surface area (Å²) < 4.78 is 5.77. The molecule has 0 bridgehead atoms. The Morgan fingerprint density at radius 1 is 1.82 bits per heavy atom. The quantitative estimate of drug-likeness (QED) is 0.586. The van der Waals surface area contributed by atoms with E-state index in [1.54, 1.807) is 4.90 Å². The van der Waals surface area contributed by atoms with E-state index in [1.165, 1.54) is 7.11 Å². The fourth-order valence-electron chi connectivity index (χ4n) is 1.98. The van der Waals surface area contributed by atoms with Crippen LogP contribution in [0.25, 0.3) is 0 Å². The number of likely N-dealkylation sites (tertiary alicyclic amines) is 1. The van der Waals surface area contributed by atoms with Crippen molar-refractivity contribution < 1.29 is 14.6 Å². The summed E-state index contributed by atoms with van der Waals surface area (Å²) in [6.07, 6.45) is 4.75. The number of rotatable bonds is 6. The molecule has 94 valence electrons. The van der Waals surface area contributed by atoms with Crippen molar-refractivity contribution in [2.75, 3.05) is 13.7 Å². The molecule has 0 saturated carbocycles. The highest BCUT2D eigenvalue weighted by atomic mass is 79.9. The van der Waals surface area contributed by atoms with E-state index in [0.29, 0.717) is 23.9 Å². The molecule has 0 aromatic rings. The van der Waals surface area contributed by atoms with Gasteiger partial charge in [0.1, 0.15) is 0 Å². The maximum Gasteiger partial charge on any atom is 0.254 e. The molecule has 0 spiro atoms. The van der Waals surface area contributed by atoms with E-state index in [1.807, 2.05) is 0 Å². The second kappa shape index (κ2) is 6.20. The summed E-state index contributed by atoms with van der Waals surface area (Å²) in [6.45, 7) is 4.12. The van der Waals surface area contributed by atoms with E-state index in [9.17, 15) is 9.90 Å². The first-order valence-corrected chi connectivity index (χ1v) is 6.10. The molecule has 0 unspecified atom stereocenters. The molecule has 0 aromatic carbocycles. The Balaban J connectivity index is 2.67. The number of aliphatic hydroxyl groups is 1. The van der Waals surface area contributed by atoms with E-state index >= 15 is 0 Å². The predicted molar refractivity (Wildman–Crippen MR) is 68.4 cm³/mol. The lowest BCUT2D eigenvalue weighted by Gasteiger charge is -2.48. The highest BCUT2D eigenvalue weighted by Crippen LogP contribution is 2.29. The summed E-state index contributed by atoms with van der Waals surface area (Å²) >= 11 is 3.20. The lowest BCUT2D eigenvalue weighted by Crippen LogP contribution is -2.69. The second-order valence-electron chi connectivity index (χ2n) is 3.92. The maximum absolute atomic E-state index is 11.7. The molecule has 1 rings (SSSR count). The molecule has 1 heterocycles. The predicted octanol–water partition coefficient (Wildman–Crippen LogP) is 0.895. The molecule has 1 fully saturated rings. The zero-order valence-corrected chi connectivity index (χ0v) is 11.3. The van der Waals surface area contributed by atoms with Crippen molar-refractivity contribution in [3.05, 3.63) is 11.1 Å². The van der Waals surface area contributed by atoms with Crippen LogP contribution >= 0.6 is 15.9 Å². The first kappa shape index (κ1) is 14.2. The Labute approximate surface area is 110 Å². The molecular formula is C12H16BrNO3. The Bertz CT molecular complexity index is 350. The van der Waals surface area contributed by atoms with Crippen LogP contribution in [0.1, 0.15) is 12.8 Å². The van der Waals surface area contributed by atoms with Gasteiger partial charge in [0.05, 0.1) is 12.1 Å². The Morgan fingerprint density at radius 2 is 2.47 bits per heavy atom. The number of amides is 1. The minimum atomic E-state index is -0.692. The van der Waals surface area contributed by atoms with E-state index in [-0.39, 0.29) is 11.9 Å². The zero-order chi connectivity index (χ0) is 13.0.